The first kappa shape index (κ1) is 14.1. The number of ether oxygens (including phenoxy) is 1. The zero-order chi connectivity index (χ0) is 14.0. The van der Waals surface area contributed by atoms with Crippen LogP contribution in [0.4, 0.5) is 0 Å². The summed E-state index contributed by atoms with van der Waals surface area (Å²) in [5.74, 6) is 1.68. The number of halogens is 1. The minimum atomic E-state index is -0.0618. The summed E-state index contributed by atoms with van der Waals surface area (Å²) in [5.41, 5.74) is 9.29. The minimum Gasteiger partial charge on any atom is -0.457 e. The maximum Gasteiger partial charge on any atom is 0.133 e. The smallest absolute Gasteiger partial charge is 0.133 e. The van der Waals surface area contributed by atoms with E-state index < -0.39 is 0 Å². The summed E-state index contributed by atoms with van der Waals surface area (Å²) in [7, 11) is 0. The predicted molar refractivity (Wildman–Crippen MR) is 82.7 cm³/mol. The fourth-order valence-corrected chi connectivity index (χ4v) is 2.25. The normalized spacial score (nSPS) is 12.3. The summed E-state index contributed by atoms with van der Waals surface area (Å²) >= 11 is 3.47. The predicted octanol–water partition coefficient (Wildman–Crippen LogP) is 4.88. The number of aryl methyl sites for hydroxylation is 2. The van der Waals surface area contributed by atoms with Crippen LogP contribution in [0.1, 0.15) is 29.7 Å². The van der Waals surface area contributed by atoms with Gasteiger partial charge in [0, 0.05) is 16.1 Å². The Morgan fingerprint density at radius 3 is 2.47 bits per heavy atom. The first-order chi connectivity index (χ1) is 8.97. The lowest BCUT2D eigenvalue weighted by Gasteiger charge is -2.16. The average molecular weight is 320 g/mol. The van der Waals surface area contributed by atoms with Crippen molar-refractivity contribution in [2.75, 3.05) is 0 Å². The van der Waals surface area contributed by atoms with Gasteiger partial charge in [-0.1, -0.05) is 34.1 Å². The summed E-state index contributed by atoms with van der Waals surface area (Å²) in [6.45, 7) is 6.05. The van der Waals surface area contributed by atoms with E-state index in [2.05, 4.69) is 35.0 Å². The summed E-state index contributed by atoms with van der Waals surface area (Å²) in [4.78, 5) is 0. The molecule has 100 valence electrons. The number of rotatable bonds is 3. The molecule has 2 N–H and O–H groups in total. The molecule has 2 aromatic carbocycles. The molecule has 0 radical (unpaired) electrons. The SMILES string of the molecule is Cc1ccc(C)c(Oc2cc(Br)ccc2C(C)N)c1. The maximum atomic E-state index is 6.05. The Bertz CT molecular complexity index is 593. The lowest BCUT2D eigenvalue weighted by atomic mass is 10.1. The van der Waals surface area contributed by atoms with Gasteiger partial charge in [0.25, 0.3) is 0 Å². The monoisotopic (exact) mass is 319 g/mol. The largest absolute Gasteiger partial charge is 0.457 e. The molecule has 0 saturated carbocycles. The van der Waals surface area contributed by atoms with Gasteiger partial charge >= 0.3 is 0 Å². The highest BCUT2D eigenvalue weighted by Crippen LogP contribution is 2.33. The Kier molecular flexibility index (Phi) is 4.27. The highest BCUT2D eigenvalue weighted by atomic mass is 79.9. The minimum absolute atomic E-state index is 0.0618. The standard InChI is InChI=1S/C16H18BrNO/c1-10-4-5-11(2)15(8-10)19-16-9-13(17)6-7-14(16)12(3)18/h4-9,12H,18H2,1-3H3. The van der Waals surface area contributed by atoms with Gasteiger partial charge in [-0.15, -0.1) is 0 Å². The molecule has 0 aliphatic rings. The first-order valence-electron chi connectivity index (χ1n) is 6.27. The lowest BCUT2D eigenvalue weighted by Crippen LogP contribution is -2.06. The van der Waals surface area contributed by atoms with Crippen LogP contribution in [0.5, 0.6) is 11.5 Å². The van der Waals surface area contributed by atoms with Crippen LogP contribution in [-0.4, -0.2) is 0 Å². The molecule has 0 bridgehead atoms. The molecule has 0 amide bonds. The van der Waals surface area contributed by atoms with Gasteiger partial charge in [0.15, 0.2) is 0 Å². The molecule has 0 heterocycles. The van der Waals surface area contributed by atoms with Crippen molar-refractivity contribution in [3.8, 4) is 11.5 Å². The van der Waals surface area contributed by atoms with Gasteiger partial charge < -0.3 is 10.5 Å². The molecule has 2 aromatic rings. The van der Waals surface area contributed by atoms with E-state index in [0.29, 0.717) is 0 Å². The van der Waals surface area contributed by atoms with Crippen molar-refractivity contribution in [2.24, 2.45) is 5.73 Å². The van der Waals surface area contributed by atoms with Crippen molar-refractivity contribution in [1.82, 2.24) is 0 Å². The molecule has 1 unspecified atom stereocenters. The van der Waals surface area contributed by atoms with Crippen molar-refractivity contribution < 1.29 is 4.74 Å². The van der Waals surface area contributed by atoms with Gasteiger partial charge in [0.05, 0.1) is 0 Å². The van der Waals surface area contributed by atoms with Crippen molar-refractivity contribution in [3.05, 3.63) is 57.6 Å². The fraction of sp³-hybridized carbons (Fsp3) is 0.250. The second kappa shape index (κ2) is 5.76. The molecule has 19 heavy (non-hydrogen) atoms. The first-order valence-corrected chi connectivity index (χ1v) is 7.07. The van der Waals surface area contributed by atoms with Crippen molar-refractivity contribution >= 4 is 15.9 Å². The van der Waals surface area contributed by atoms with Crippen molar-refractivity contribution in [1.29, 1.82) is 0 Å². The van der Waals surface area contributed by atoms with Gasteiger partial charge in [-0.05, 0) is 50.1 Å². The number of hydrogen-bond donors (Lipinski definition) is 1. The molecular weight excluding hydrogens is 302 g/mol. The quantitative estimate of drug-likeness (QED) is 0.875. The zero-order valence-corrected chi connectivity index (χ0v) is 13.0. The third kappa shape index (κ3) is 3.37. The second-order valence-electron chi connectivity index (χ2n) is 4.84. The van der Waals surface area contributed by atoms with Crippen LogP contribution in [0, 0.1) is 13.8 Å². The molecule has 1 atom stereocenters. The Morgan fingerprint density at radius 2 is 1.79 bits per heavy atom. The average Bonchev–Trinajstić information content (AvgIpc) is 2.33. The topological polar surface area (TPSA) is 35.2 Å². The van der Waals surface area contributed by atoms with E-state index in [1.165, 1.54) is 5.56 Å². The summed E-state index contributed by atoms with van der Waals surface area (Å²) < 4.78 is 7.04. The Labute approximate surface area is 122 Å². The van der Waals surface area contributed by atoms with Crippen LogP contribution < -0.4 is 10.5 Å². The summed E-state index contributed by atoms with van der Waals surface area (Å²) in [6, 6.07) is 12.1. The van der Waals surface area contributed by atoms with Crippen LogP contribution in [0.3, 0.4) is 0 Å². The third-order valence-electron chi connectivity index (χ3n) is 3.03. The summed E-state index contributed by atoms with van der Waals surface area (Å²) in [5, 5.41) is 0. The van der Waals surface area contributed by atoms with E-state index in [-0.39, 0.29) is 6.04 Å². The van der Waals surface area contributed by atoms with Crippen LogP contribution in [0.15, 0.2) is 40.9 Å². The van der Waals surface area contributed by atoms with Crippen LogP contribution in [0.2, 0.25) is 0 Å². The maximum absolute atomic E-state index is 6.05. The number of benzene rings is 2. The van der Waals surface area contributed by atoms with Gasteiger partial charge in [-0.2, -0.15) is 0 Å². The molecular formula is C16H18BrNO. The van der Waals surface area contributed by atoms with Gasteiger partial charge in [-0.3, -0.25) is 0 Å². The van der Waals surface area contributed by atoms with Crippen molar-refractivity contribution in [3.63, 3.8) is 0 Å². The number of hydrogen-bond acceptors (Lipinski definition) is 2. The van der Waals surface area contributed by atoms with E-state index >= 15 is 0 Å². The van der Waals surface area contributed by atoms with E-state index in [9.17, 15) is 0 Å². The second-order valence-corrected chi connectivity index (χ2v) is 5.76. The lowest BCUT2D eigenvalue weighted by molar-refractivity contribution is 0.468. The van der Waals surface area contributed by atoms with E-state index in [4.69, 9.17) is 10.5 Å². The Morgan fingerprint density at radius 1 is 1.05 bits per heavy atom. The van der Waals surface area contributed by atoms with Crippen LogP contribution in [0.25, 0.3) is 0 Å². The zero-order valence-electron chi connectivity index (χ0n) is 11.4. The molecule has 2 rings (SSSR count). The van der Waals surface area contributed by atoms with Gasteiger partial charge in [-0.25, -0.2) is 0 Å². The molecule has 2 nitrogen and oxygen atoms in total. The Balaban J connectivity index is 2.42. The molecule has 3 heteroatoms. The van der Waals surface area contributed by atoms with Crippen LogP contribution >= 0.6 is 15.9 Å². The van der Waals surface area contributed by atoms with Gasteiger partial charge in [0.2, 0.25) is 0 Å². The summed E-state index contributed by atoms with van der Waals surface area (Å²) in [6.07, 6.45) is 0. The van der Waals surface area contributed by atoms with E-state index in [1.54, 1.807) is 0 Å². The van der Waals surface area contributed by atoms with Crippen molar-refractivity contribution in [2.45, 2.75) is 26.8 Å². The highest BCUT2D eigenvalue weighted by molar-refractivity contribution is 9.10. The third-order valence-corrected chi connectivity index (χ3v) is 3.52. The fourth-order valence-electron chi connectivity index (χ4n) is 1.91. The Hall–Kier alpha value is -1.32. The number of nitrogens with two attached hydrogens (primary N) is 1. The molecule has 0 aliphatic carbocycles. The molecule has 0 aromatic heterocycles. The van der Waals surface area contributed by atoms with Crippen LogP contribution in [-0.2, 0) is 0 Å². The van der Waals surface area contributed by atoms with Gasteiger partial charge in [0.1, 0.15) is 11.5 Å². The molecule has 0 spiro atoms. The molecule has 0 fully saturated rings. The molecule has 0 aliphatic heterocycles. The van der Waals surface area contributed by atoms with E-state index in [1.807, 2.05) is 38.1 Å². The molecule has 0 saturated heterocycles. The van der Waals surface area contributed by atoms with E-state index in [0.717, 1.165) is 27.1 Å². The highest BCUT2D eigenvalue weighted by Gasteiger charge is 2.11.